The third-order valence-electron chi connectivity index (χ3n) is 3.28. The van der Waals surface area contributed by atoms with Gasteiger partial charge in [0.1, 0.15) is 4.21 Å². The van der Waals surface area contributed by atoms with Gasteiger partial charge in [0.15, 0.2) is 0 Å². The quantitative estimate of drug-likeness (QED) is 0.590. The zero-order valence-corrected chi connectivity index (χ0v) is 14.8. The number of hydrogen-bond donors (Lipinski definition) is 3. The van der Waals surface area contributed by atoms with Crippen molar-refractivity contribution < 1.29 is 13.2 Å². The van der Waals surface area contributed by atoms with Gasteiger partial charge in [-0.25, -0.2) is 8.42 Å². The molecule has 0 bridgehead atoms. The second-order valence-electron chi connectivity index (χ2n) is 5.26. The van der Waals surface area contributed by atoms with Crippen LogP contribution in [0.3, 0.4) is 0 Å². The highest BCUT2D eigenvalue weighted by molar-refractivity contribution is 7.94. The zero-order valence-electron chi connectivity index (χ0n) is 13.2. The summed E-state index contributed by atoms with van der Waals surface area (Å²) >= 11 is 1.16. The predicted molar refractivity (Wildman–Crippen MR) is 96.6 cm³/mol. The van der Waals surface area contributed by atoms with E-state index in [9.17, 15) is 13.2 Å². The summed E-state index contributed by atoms with van der Waals surface area (Å²) in [5.74, 6) is -0.0565. The van der Waals surface area contributed by atoms with Crippen LogP contribution in [-0.2, 0) is 21.2 Å². The number of sulfonamides is 1. The number of anilines is 1. The molecule has 0 spiro atoms. The Morgan fingerprint density at radius 1 is 1.12 bits per heavy atom. The van der Waals surface area contributed by atoms with Crippen LogP contribution in [0, 0.1) is 0 Å². The van der Waals surface area contributed by atoms with Gasteiger partial charge in [-0.3, -0.25) is 9.52 Å². The third kappa shape index (κ3) is 5.63. The minimum absolute atomic E-state index is 0.0565. The molecule has 0 atom stereocenters. The largest absolute Gasteiger partial charge is 0.356 e. The maximum Gasteiger partial charge on any atom is 0.271 e. The lowest BCUT2D eigenvalue weighted by Crippen LogP contribution is -2.26. The molecular formula is C16H21N3O3S2. The number of rotatable bonds is 9. The Balaban J connectivity index is 1.88. The number of hydrogen-bond acceptors (Lipinski definition) is 5. The molecule has 130 valence electrons. The molecule has 24 heavy (non-hydrogen) atoms. The molecule has 1 aromatic heterocycles. The Kier molecular flexibility index (Phi) is 6.77. The molecule has 1 amide bonds. The molecule has 8 heteroatoms. The van der Waals surface area contributed by atoms with Crippen LogP contribution < -0.4 is 15.8 Å². The summed E-state index contributed by atoms with van der Waals surface area (Å²) in [6, 6.07) is 10.0. The van der Waals surface area contributed by atoms with E-state index in [1.54, 1.807) is 41.8 Å². The summed E-state index contributed by atoms with van der Waals surface area (Å²) in [5, 5.41) is 4.54. The van der Waals surface area contributed by atoms with E-state index in [0.717, 1.165) is 29.7 Å². The highest BCUT2D eigenvalue weighted by atomic mass is 32.2. The van der Waals surface area contributed by atoms with Crippen LogP contribution in [0.4, 0.5) is 5.69 Å². The second-order valence-corrected chi connectivity index (χ2v) is 8.11. The Bertz CT molecular complexity index is 741. The molecule has 1 aromatic carbocycles. The lowest BCUT2D eigenvalue weighted by Gasteiger charge is -2.08. The van der Waals surface area contributed by atoms with E-state index >= 15 is 0 Å². The molecule has 0 radical (unpaired) electrons. The Hall–Kier alpha value is -1.90. The van der Waals surface area contributed by atoms with Crippen molar-refractivity contribution in [2.45, 2.75) is 23.5 Å². The van der Waals surface area contributed by atoms with E-state index in [2.05, 4.69) is 10.0 Å². The maximum atomic E-state index is 12.1. The molecule has 2 aromatic rings. The molecule has 0 unspecified atom stereocenters. The molecule has 0 aliphatic rings. The monoisotopic (exact) mass is 367 g/mol. The molecule has 0 saturated heterocycles. The van der Waals surface area contributed by atoms with Gasteiger partial charge in [0.05, 0.1) is 6.42 Å². The van der Waals surface area contributed by atoms with E-state index in [1.807, 2.05) is 0 Å². The van der Waals surface area contributed by atoms with E-state index in [-0.39, 0.29) is 16.5 Å². The average Bonchev–Trinajstić information content (AvgIpc) is 3.09. The highest BCUT2D eigenvalue weighted by Crippen LogP contribution is 2.20. The first-order chi connectivity index (χ1) is 11.5. The van der Waals surface area contributed by atoms with Crippen LogP contribution in [-0.4, -0.2) is 27.4 Å². The van der Waals surface area contributed by atoms with Gasteiger partial charge in [-0.05, 0) is 48.5 Å². The van der Waals surface area contributed by atoms with Crippen molar-refractivity contribution in [2.24, 2.45) is 5.73 Å². The highest BCUT2D eigenvalue weighted by Gasteiger charge is 2.15. The van der Waals surface area contributed by atoms with Crippen LogP contribution in [0.25, 0.3) is 0 Å². The van der Waals surface area contributed by atoms with Crippen molar-refractivity contribution in [3.8, 4) is 0 Å². The number of carbonyl (C=O) groups excluding carboxylic acids is 1. The lowest BCUT2D eigenvalue weighted by atomic mass is 10.1. The average molecular weight is 367 g/mol. The summed E-state index contributed by atoms with van der Waals surface area (Å²) < 4.78 is 27.0. The molecule has 4 N–H and O–H groups in total. The number of amides is 1. The summed E-state index contributed by atoms with van der Waals surface area (Å²) in [7, 11) is -3.54. The summed E-state index contributed by atoms with van der Waals surface area (Å²) in [6.07, 6.45) is 2.02. The number of benzene rings is 1. The van der Waals surface area contributed by atoms with Crippen molar-refractivity contribution in [3.63, 3.8) is 0 Å². The van der Waals surface area contributed by atoms with Crippen molar-refractivity contribution in [1.82, 2.24) is 5.32 Å². The van der Waals surface area contributed by atoms with Gasteiger partial charge in [0.25, 0.3) is 10.0 Å². The molecule has 6 nitrogen and oxygen atoms in total. The normalized spacial score (nSPS) is 11.2. The van der Waals surface area contributed by atoms with Gasteiger partial charge in [-0.15, -0.1) is 11.3 Å². The minimum Gasteiger partial charge on any atom is -0.356 e. The fourth-order valence-corrected chi connectivity index (χ4v) is 4.11. The van der Waals surface area contributed by atoms with Crippen LogP contribution in [0.2, 0.25) is 0 Å². The van der Waals surface area contributed by atoms with E-state index in [4.69, 9.17) is 5.73 Å². The van der Waals surface area contributed by atoms with Gasteiger partial charge < -0.3 is 11.1 Å². The molecule has 1 heterocycles. The number of nitrogens with one attached hydrogen (secondary N) is 2. The summed E-state index contributed by atoms with van der Waals surface area (Å²) in [6.45, 7) is 1.24. The van der Waals surface area contributed by atoms with Crippen LogP contribution in [0.15, 0.2) is 46.0 Å². The standard InChI is InChI=1S/C16H21N3O3S2/c17-9-1-2-10-18-15(20)12-13-5-7-14(8-6-13)19-24(21,22)16-4-3-11-23-16/h3-8,11,19H,1-2,9-10,12,17H2,(H,18,20). The number of thiophene rings is 1. The first kappa shape index (κ1) is 18.4. The fraction of sp³-hybridized carbons (Fsp3) is 0.312. The first-order valence-electron chi connectivity index (χ1n) is 7.63. The maximum absolute atomic E-state index is 12.1. The SMILES string of the molecule is NCCCCNC(=O)Cc1ccc(NS(=O)(=O)c2cccs2)cc1. The number of unbranched alkanes of at least 4 members (excludes halogenated alkanes) is 1. The van der Waals surface area contributed by atoms with E-state index in [1.165, 1.54) is 0 Å². The molecule has 0 aliphatic heterocycles. The third-order valence-corrected chi connectivity index (χ3v) is 6.06. The first-order valence-corrected chi connectivity index (χ1v) is 9.99. The Labute approximate surface area is 146 Å². The predicted octanol–water partition coefficient (Wildman–Crippen LogP) is 1.95. The number of nitrogens with two attached hydrogens (primary N) is 1. The topological polar surface area (TPSA) is 101 Å². The van der Waals surface area contributed by atoms with E-state index in [0.29, 0.717) is 18.8 Å². The van der Waals surface area contributed by atoms with Crippen molar-refractivity contribution in [3.05, 3.63) is 47.3 Å². The number of carbonyl (C=O) groups is 1. The second kappa shape index (κ2) is 8.81. The van der Waals surface area contributed by atoms with Gasteiger partial charge in [0, 0.05) is 12.2 Å². The van der Waals surface area contributed by atoms with Crippen molar-refractivity contribution in [2.75, 3.05) is 17.8 Å². The smallest absolute Gasteiger partial charge is 0.271 e. The van der Waals surface area contributed by atoms with Gasteiger partial charge in [-0.1, -0.05) is 18.2 Å². The minimum atomic E-state index is -3.54. The molecule has 2 rings (SSSR count). The van der Waals surface area contributed by atoms with Crippen molar-refractivity contribution >= 4 is 33.0 Å². The van der Waals surface area contributed by atoms with Gasteiger partial charge in [0.2, 0.25) is 5.91 Å². The van der Waals surface area contributed by atoms with Crippen molar-refractivity contribution in [1.29, 1.82) is 0 Å². The zero-order chi connectivity index (χ0) is 17.4. The summed E-state index contributed by atoms with van der Waals surface area (Å²) in [4.78, 5) is 11.8. The van der Waals surface area contributed by atoms with Crippen LogP contribution in [0.1, 0.15) is 18.4 Å². The Morgan fingerprint density at radius 3 is 2.50 bits per heavy atom. The van der Waals surface area contributed by atoms with Crippen LogP contribution >= 0.6 is 11.3 Å². The van der Waals surface area contributed by atoms with Gasteiger partial charge in [-0.2, -0.15) is 0 Å². The molecule has 0 saturated carbocycles. The summed E-state index contributed by atoms with van der Waals surface area (Å²) in [5.41, 5.74) is 6.69. The molecule has 0 aliphatic carbocycles. The molecule has 0 fully saturated rings. The van der Waals surface area contributed by atoms with Crippen LogP contribution in [0.5, 0.6) is 0 Å². The van der Waals surface area contributed by atoms with Gasteiger partial charge >= 0.3 is 0 Å². The van der Waals surface area contributed by atoms with E-state index < -0.39 is 10.0 Å². The molecular weight excluding hydrogens is 346 g/mol. The fourth-order valence-electron chi connectivity index (χ4n) is 2.06. The lowest BCUT2D eigenvalue weighted by molar-refractivity contribution is -0.120. The Morgan fingerprint density at radius 2 is 1.88 bits per heavy atom.